The van der Waals surface area contributed by atoms with Crippen molar-refractivity contribution in [3.8, 4) is 0 Å². The van der Waals surface area contributed by atoms with Gasteiger partial charge in [-0.05, 0) is 24.3 Å². The zero-order valence-corrected chi connectivity index (χ0v) is 15.1. The first-order valence-corrected chi connectivity index (χ1v) is 9.87. The second-order valence-corrected chi connectivity index (χ2v) is 8.27. The van der Waals surface area contributed by atoms with E-state index in [9.17, 15) is 14.4 Å². The van der Waals surface area contributed by atoms with Crippen LogP contribution in [0.4, 0.5) is 0 Å². The Hall–Kier alpha value is -1.73. The van der Waals surface area contributed by atoms with Gasteiger partial charge in [-0.3, -0.25) is 24.2 Å². The van der Waals surface area contributed by atoms with Crippen molar-refractivity contribution in [2.45, 2.75) is 32.1 Å². The third-order valence-electron chi connectivity index (χ3n) is 5.78. The lowest BCUT2D eigenvalue weighted by molar-refractivity contribution is -0.144. The summed E-state index contributed by atoms with van der Waals surface area (Å²) in [6.07, 6.45) is 4.21. The molecule has 0 unspecified atom stereocenters. The summed E-state index contributed by atoms with van der Waals surface area (Å²) in [6.45, 7) is 3.04. The van der Waals surface area contributed by atoms with Crippen LogP contribution in [0.25, 0.3) is 0 Å². The maximum absolute atomic E-state index is 12.8. The number of piperazine rings is 1. The summed E-state index contributed by atoms with van der Waals surface area (Å²) in [7, 11) is 0. The summed E-state index contributed by atoms with van der Waals surface area (Å²) in [4.78, 5) is 43.7. The number of carbonyl (C=O) groups excluding carboxylic acids is 3. The highest BCUT2D eigenvalue weighted by Crippen LogP contribution is 2.46. The van der Waals surface area contributed by atoms with Gasteiger partial charge in [0.05, 0.1) is 17.0 Å². The lowest BCUT2D eigenvalue weighted by atomic mass is 9.85. The molecule has 2 aliphatic heterocycles. The minimum atomic E-state index is -0.395. The topological polar surface area (TPSA) is 60.9 Å². The Morgan fingerprint density at radius 2 is 1.84 bits per heavy atom. The van der Waals surface area contributed by atoms with Gasteiger partial charge in [-0.25, -0.2) is 0 Å². The van der Waals surface area contributed by atoms with Gasteiger partial charge in [0.2, 0.25) is 11.8 Å². The van der Waals surface area contributed by atoms with Gasteiger partial charge in [0.1, 0.15) is 0 Å². The van der Waals surface area contributed by atoms with Crippen molar-refractivity contribution in [1.82, 2.24) is 14.7 Å². The molecule has 1 saturated carbocycles. The van der Waals surface area contributed by atoms with Crippen LogP contribution in [-0.2, 0) is 9.59 Å². The highest BCUT2D eigenvalue weighted by Gasteiger charge is 2.52. The van der Waals surface area contributed by atoms with E-state index in [-0.39, 0.29) is 17.7 Å². The first kappa shape index (κ1) is 16.7. The van der Waals surface area contributed by atoms with E-state index in [1.165, 1.54) is 16.2 Å². The van der Waals surface area contributed by atoms with Crippen LogP contribution in [0.15, 0.2) is 17.5 Å². The maximum Gasteiger partial charge on any atom is 0.264 e. The fourth-order valence-corrected chi connectivity index (χ4v) is 4.98. The van der Waals surface area contributed by atoms with Crippen molar-refractivity contribution in [3.63, 3.8) is 0 Å². The first-order chi connectivity index (χ1) is 12.1. The molecule has 3 fully saturated rings. The van der Waals surface area contributed by atoms with Crippen molar-refractivity contribution < 1.29 is 14.4 Å². The van der Waals surface area contributed by atoms with Gasteiger partial charge in [0, 0.05) is 32.6 Å². The highest BCUT2D eigenvalue weighted by atomic mass is 32.1. The Morgan fingerprint density at radius 1 is 1.12 bits per heavy atom. The predicted molar refractivity (Wildman–Crippen MR) is 94.0 cm³/mol. The normalized spacial score (nSPS) is 23.8. The molecule has 134 valence electrons. The Labute approximate surface area is 151 Å². The maximum atomic E-state index is 12.8. The molecule has 1 aromatic rings. The van der Waals surface area contributed by atoms with E-state index in [1.807, 2.05) is 22.4 Å². The standard InChI is InChI=1S/C18H23N3O3S/c22-15-12-18(5-1-2-6-18)17(24)21(15)13-19-7-9-20(10-8-19)16(23)14-4-3-11-25-14/h3-4,11H,1-2,5-10,12-13H2. The third kappa shape index (κ3) is 3.00. The molecule has 0 bridgehead atoms. The molecule has 0 N–H and O–H groups in total. The number of hydrogen-bond donors (Lipinski definition) is 0. The molecule has 0 atom stereocenters. The fourth-order valence-electron chi connectivity index (χ4n) is 4.29. The molecule has 3 aliphatic rings. The number of imide groups is 1. The summed E-state index contributed by atoms with van der Waals surface area (Å²) < 4.78 is 0. The lowest BCUT2D eigenvalue weighted by Crippen LogP contribution is -2.52. The van der Waals surface area contributed by atoms with E-state index in [1.54, 1.807) is 0 Å². The Morgan fingerprint density at radius 3 is 2.48 bits per heavy atom. The number of amides is 3. The number of rotatable bonds is 3. The molecule has 1 spiro atoms. The van der Waals surface area contributed by atoms with Crippen LogP contribution in [-0.4, -0.2) is 65.3 Å². The van der Waals surface area contributed by atoms with Crippen LogP contribution >= 0.6 is 11.3 Å². The molecule has 4 rings (SSSR count). The number of thiophene rings is 1. The largest absolute Gasteiger partial charge is 0.335 e. The van der Waals surface area contributed by atoms with Crippen molar-refractivity contribution in [1.29, 1.82) is 0 Å². The zero-order chi connectivity index (χ0) is 17.4. The van der Waals surface area contributed by atoms with Crippen molar-refractivity contribution in [3.05, 3.63) is 22.4 Å². The quantitative estimate of drug-likeness (QED) is 0.770. The number of hydrogen-bond acceptors (Lipinski definition) is 5. The van der Waals surface area contributed by atoms with E-state index < -0.39 is 5.41 Å². The average molecular weight is 361 g/mol. The van der Waals surface area contributed by atoms with Crippen LogP contribution < -0.4 is 0 Å². The van der Waals surface area contributed by atoms with Gasteiger partial charge in [-0.2, -0.15) is 0 Å². The predicted octanol–water partition coefficient (Wildman–Crippen LogP) is 1.78. The van der Waals surface area contributed by atoms with E-state index >= 15 is 0 Å². The molecular weight excluding hydrogens is 338 g/mol. The van der Waals surface area contributed by atoms with Crippen molar-refractivity contribution in [2.24, 2.45) is 5.41 Å². The summed E-state index contributed by atoms with van der Waals surface area (Å²) in [5.74, 6) is 0.0870. The first-order valence-electron chi connectivity index (χ1n) is 8.99. The van der Waals surface area contributed by atoms with Gasteiger partial charge in [-0.15, -0.1) is 11.3 Å². The van der Waals surface area contributed by atoms with Crippen LogP contribution in [0, 0.1) is 5.41 Å². The molecule has 3 heterocycles. The molecule has 2 saturated heterocycles. The van der Waals surface area contributed by atoms with E-state index in [2.05, 4.69) is 4.90 Å². The van der Waals surface area contributed by atoms with Crippen molar-refractivity contribution >= 4 is 29.1 Å². The van der Waals surface area contributed by atoms with E-state index in [0.29, 0.717) is 39.3 Å². The Balaban J connectivity index is 1.34. The number of likely N-dealkylation sites (tertiary alicyclic amines) is 1. The average Bonchev–Trinajstić information content (AvgIpc) is 3.35. The van der Waals surface area contributed by atoms with Crippen molar-refractivity contribution in [2.75, 3.05) is 32.8 Å². The molecule has 3 amide bonds. The fraction of sp³-hybridized carbons (Fsp3) is 0.611. The molecule has 6 nitrogen and oxygen atoms in total. The Bertz CT molecular complexity index is 674. The van der Waals surface area contributed by atoms with Crippen LogP contribution in [0.3, 0.4) is 0 Å². The van der Waals surface area contributed by atoms with Gasteiger partial charge in [0.25, 0.3) is 5.91 Å². The summed E-state index contributed by atoms with van der Waals surface area (Å²) in [6, 6.07) is 3.74. The smallest absolute Gasteiger partial charge is 0.264 e. The molecule has 0 aromatic carbocycles. The molecule has 1 aliphatic carbocycles. The molecule has 1 aromatic heterocycles. The van der Waals surface area contributed by atoms with E-state index in [4.69, 9.17) is 0 Å². The monoisotopic (exact) mass is 361 g/mol. The van der Waals surface area contributed by atoms with Crippen LogP contribution in [0.5, 0.6) is 0 Å². The van der Waals surface area contributed by atoms with E-state index in [0.717, 1.165) is 30.6 Å². The summed E-state index contributed by atoms with van der Waals surface area (Å²) in [5.41, 5.74) is -0.395. The van der Waals surface area contributed by atoms with Gasteiger partial charge >= 0.3 is 0 Å². The molecule has 25 heavy (non-hydrogen) atoms. The van der Waals surface area contributed by atoms with Gasteiger partial charge < -0.3 is 4.90 Å². The second-order valence-electron chi connectivity index (χ2n) is 7.32. The highest BCUT2D eigenvalue weighted by molar-refractivity contribution is 7.12. The minimum absolute atomic E-state index is 0.0241. The molecule has 0 radical (unpaired) electrons. The number of nitrogens with zero attached hydrogens (tertiary/aromatic N) is 3. The second kappa shape index (κ2) is 6.53. The summed E-state index contributed by atoms with van der Waals surface area (Å²) in [5, 5.41) is 1.91. The van der Waals surface area contributed by atoms with Crippen LogP contribution in [0.1, 0.15) is 41.8 Å². The third-order valence-corrected chi connectivity index (χ3v) is 6.64. The molecule has 7 heteroatoms. The van der Waals surface area contributed by atoms with Gasteiger partial charge in [-0.1, -0.05) is 18.9 Å². The molecular formula is C18H23N3O3S. The Kier molecular flexibility index (Phi) is 4.37. The number of carbonyl (C=O) groups is 3. The van der Waals surface area contributed by atoms with Crippen LogP contribution in [0.2, 0.25) is 0 Å². The van der Waals surface area contributed by atoms with Gasteiger partial charge in [0.15, 0.2) is 0 Å². The lowest BCUT2D eigenvalue weighted by Gasteiger charge is -2.36. The minimum Gasteiger partial charge on any atom is -0.335 e. The zero-order valence-electron chi connectivity index (χ0n) is 14.3. The SMILES string of the molecule is O=C(c1cccs1)N1CCN(CN2C(=O)CC3(CCCC3)C2=O)CC1. The summed E-state index contributed by atoms with van der Waals surface area (Å²) >= 11 is 1.46.